The smallest absolute Gasteiger partial charge is 0.338 e. The van der Waals surface area contributed by atoms with Crippen LogP contribution in [0, 0.1) is 5.82 Å². The largest absolute Gasteiger partial charge is 0.463 e. The summed E-state index contributed by atoms with van der Waals surface area (Å²) < 4.78 is 20.1. The molecular weight excluding hydrogens is 361 g/mol. The molecule has 0 fully saturated rings. The summed E-state index contributed by atoms with van der Waals surface area (Å²) in [6, 6.07) is 10.8. The average Bonchev–Trinajstić information content (AvgIpc) is 3.11. The van der Waals surface area contributed by atoms with Gasteiger partial charge in [-0.2, -0.15) is 4.98 Å². The van der Waals surface area contributed by atoms with Crippen LogP contribution in [0.15, 0.2) is 59.9 Å². The van der Waals surface area contributed by atoms with Crippen molar-refractivity contribution in [2.24, 2.45) is 0 Å². The second-order valence-corrected chi connectivity index (χ2v) is 6.25. The lowest BCUT2D eigenvalue weighted by atomic mass is 10.00. The first kappa shape index (κ1) is 17.8. The van der Waals surface area contributed by atoms with Gasteiger partial charge in [-0.1, -0.05) is 6.07 Å². The third-order valence-corrected chi connectivity index (χ3v) is 4.42. The van der Waals surface area contributed by atoms with E-state index in [1.807, 2.05) is 12.1 Å². The summed E-state index contributed by atoms with van der Waals surface area (Å²) in [6.45, 7) is 3.81. The number of esters is 1. The molecule has 8 heteroatoms. The van der Waals surface area contributed by atoms with Crippen molar-refractivity contribution < 1.29 is 13.9 Å². The minimum Gasteiger partial charge on any atom is -0.463 e. The highest BCUT2D eigenvalue weighted by Gasteiger charge is 2.36. The molecule has 1 atom stereocenters. The van der Waals surface area contributed by atoms with E-state index in [2.05, 4.69) is 20.4 Å². The van der Waals surface area contributed by atoms with E-state index in [1.54, 1.807) is 42.9 Å². The number of fused-ring (bicyclic) bond motifs is 1. The molecule has 3 aromatic rings. The fourth-order valence-electron chi connectivity index (χ4n) is 3.16. The predicted molar refractivity (Wildman–Crippen MR) is 101 cm³/mol. The highest BCUT2D eigenvalue weighted by Crippen LogP contribution is 2.35. The van der Waals surface area contributed by atoms with E-state index >= 15 is 0 Å². The fraction of sp³-hybridized carbons (Fsp3) is 0.200. The number of anilines is 1. The van der Waals surface area contributed by atoms with Crippen molar-refractivity contribution in [1.29, 1.82) is 0 Å². The zero-order valence-corrected chi connectivity index (χ0v) is 15.4. The fourth-order valence-corrected chi connectivity index (χ4v) is 3.16. The number of nitrogens with zero attached hydrogens (tertiary/aromatic N) is 4. The van der Waals surface area contributed by atoms with Crippen molar-refractivity contribution in [1.82, 2.24) is 19.7 Å². The lowest BCUT2D eigenvalue weighted by molar-refractivity contribution is -0.139. The Morgan fingerprint density at radius 2 is 2.04 bits per heavy atom. The maximum Gasteiger partial charge on any atom is 0.338 e. The molecule has 3 heterocycles. The first-order valence-electron chi connectivity index (χ1n) is 8.86. The molecule has 1 aliphatic heterocycles. The van der Waals surface area contributed by atoms with Crippen LogP contribution in [0.25, 0.3) is 11.4 Å². The summed E-state index contributed by atoms with van der Waals surface area (Å²) in [4.78, 5) is 21.6. The standard InChI is InChI=1S/C20H18FN5O2/c1-3-28-19(27)16-12(2)23-20-24-18(13-7-9-14(21)10-8-13)25-26(20)17(16)15-6-4-5-11-22-15/h4-11,17H,3H2,1-2H3,(H,23,24,25). The number of hydrogen-bond acceptors (Lipinski definition) is 6. The number of nitrogens with one attached hydrogen (secondary N) is 1. The molecule has 0 saturated carbocycles. The third kappa shape index (κ3) is 3.13. The van der Waals surface area contributed by atoms with Gasteiger partial charge in [0.2, 0.25) is 5.95 Å². The van der Waals surface area contributed by atoms with E-state index in [-0.39, 0.29) is 12.4 Å². The minimum absolute atomic E-state index is 0.260. The van der Waals surface area contributed by atoms with Crippen LogP contribution in [-0.2, 0) is 9.53 Å². The molecule has 4 rings (SSSR count). The first-order chi connectivity index (χ1) is 13.6. The van der Waals surface area contributed by atoms with Gasteiger partial charge in [0.15, 0.2) is 5.82 Å². The van der Waals surface area contributed by atoms with Crippen LogP contribution in [0.4, 0.5) is 10.3 Å². The second kappa shape index (κ2) is 7.22. The number of ether oxygens (including phenoxy) is 1. The van der Waals surface area contributed by atoms with Crippen LogP contribution >= 0.6 is 0 Å². The molecule has 2 aromatic heterocycles. The number of aromatic nitrogens is 4. The van der Waals surface area contributed by atoms with Gasteiger partial charge in [-0.05, 0) is 50.2 Å². The van der Waals surface area contributed by atoms with Gasteiger partial charge in [-0.3, -0.25) is 4.98 Å². The summed E-state index contributed by atoms with van der Waals surface area (Å²) in [5.41, 5.74) is 2.35. The SMILES string of the molecule is CCOC(=O)C1=C(C)Nc2nc(-c3ccc(F)cc3)nn2C1c1ccccn1. The van der Waals surface area contributed by atoms with Crippen LogP contribution < -0.4 is 5.32 Å². The van der Waals surface area contributed by atoms with Crippen molar-refractivity contribution in [2.45, 2.75) is 19.9 Å². The molecule has 0 aliphatic carbocycles. The molecule has 0 bridgehead atoms. The third-order valence-electron chi connectivity index (χ3n) is 4.42. The Kier molecular flexibility index (Phi) is 4.60. The molecule has 1 unspecified atom stereocenters. The highest BCUT2D eigenvalue weighted by molar-refractivity contribution is 5.92. The molecule has 7 nitrogen and oxygen atoms in total. The normalized spacial score (nSPS) is 15.8. The van der Waals surface area contributed by atoms with E-state index in [1.165, 1.54) is 12.1 Å². The summed E-state index contributed by atoms with van der Waals surface area (Å²) in [7, 11) is 0. The van der Waals surface area contributed by atoms with Crippen LogP contribution in [0.3, 0.4) is 0 Å². The Bertz CT molecular complexity index is 1040. The van der Waals surface area contributed by atoms with Gasteiger partial charge in [-0.25, -0.2) is 13.9 Å². The Labute approximate surface area is 160 Å². The zero-order valence-electron chi connectivity index (χ0n) is 15.4. The lowest BCUT2D eigenvalue weighted by Crippen LogP contribution is -2.30. The van der Waals surface area contributed by atoms with Crippen molar-refractivity contribution in [2.75, 3.05) is 11.9 Å². The number of allylic oxidation sites excluding steroid dienone is 1. The molecule has 1 aliphatic rings. The van der Waals surface area contributed by atoms with Gasteiger partial charge < -0.3 is 10.1 Å². The molecule has 0 radical (unpaired) electrons. The number of hydrogen-bond donors (Lipinski definition) is 1. The van der Waals surface area contributed by atoms with Gasteiger partial charge in [0, 0.05) is 17.5 Å². The second-order valence-electron chi connectivity index (χ2n) is 6.25. The van der Waals surface area contributed by atoms with Crippen molar-refractivity contribution >= 4 is 11.9 Å². The number of halogens is 1. The Morgan fingerprint density at radius 3 is 2.71 bits per heavy atom. The number of carbonyl (C=O) groups excluding carboxylic acids is 1. The molecule has 1 aromatic carbocycles. The van der Waals surface area contributed by atoms with E-state index < -0.39 is 12.0 Å². The monoisotopic (exact) mass is 379 g/mol. The van der Waals surface area contributed by atoms with Crippen molar-refractivity contribution in [3.63, 3.8) is 0 Å². The highest BCUT2D eigenvalue weighted by atomic mass is 19.1. The average molecular weight is 379 g/mol. The summed E-state index contributed by atoms with van der Waals surface area (Å²) in [5, 5.41) is 7.69. The van der Waals surface area contributed by atoms with Crippen LogP contribution in [0.2, 0.25) is 0 Å². The van der Waals surface area contributed by atoms with Gasteiger partial charge in [0.1, 0.15) is 11.9 Å². The quantitative estimate of drug-likeness (QED) is 0.700. The summed E-state index contributed by atoms with van der Waals surface area (Å²) in [5.74, 6) is 0.119. The number of carbonyl (C=O) groups is 1. The lowest BCUT2D eigenvalue weighted by Gasteiger charge is -2.27. The van der Waals surface area contributed by atoms with E-state index in [9.17, 15) is 9.18 Å². The molecule has 0 saturated heterocycles. The first-order valence-corrected chi connectivity index (χ1v) is 8.86. The summed E-state index contributed by atoms with van der Waals surface area (Å²) in [6.07, 6.45) is 1.66. The number of pyridine rings is 1. The predicted octanol–water partition coefficient (Wildman–Crippen LogP) is 3.33. The maximum atomic E-state index is 13.3. The number of rotatable bonds is 4. The van der Waals surface area contributed by atoms with Gasteiger partial charge in [0.05, 0.1) is 17.9 Å². The molecule has 0 amide bonds. The van der Waals surface area contributed by atoms with Gasteiger partial charge in [-0.15, -0.1) is 5.10 Å². The molecule has 1 N–H and O–H groups in total. The van der Waals surface area contributed by atoms with E-state index in [0.717, 1.165) is 0 Å². The van der Waals surface area contributed by atoms with Crippen molar-refractivity contribution in [3.8, 4) is 11.4 Å². The van der Waals surface area contributed by atoms with Gasteiger partial charge >= 0.3 is 5.97 Å². The Morgan fingerprint density at radius 1 is 1.25 bits per heavy atom. The van der Waals surface area contributed by atoms with Crippen molar-refractivity contribution in [3.05, 3.63) is 71.4 Å². The van der Waals surface area contributed by atoms with Crippen LogP contribution in [0.1, 0.15) is 25.6 Å². The molecular formula is C20H18FN5O2. The molecule has 28 heavy (non-hydrogen) atoms. The minimum atomic E-state index is -0.585. The topological polar surface area (TPSA) is 81.9 Å². The Hall–Kier alpha value is -3.55. The molecule has 142 valence electrons. The van der Waals surface area contributed by atoms with Gasteiger partial charge in [0.25, 0.3) is 0 Å². The van der Waals surface area contributed by atoms with Crippen LogP contribution in [0.5, 0.6) is 0 Å². The van der Waals surface area contributed by atoms with E-state index in [0.29, 0.717) is 34.3 Å². The Balaban J connectivity index is 1.84. The van der Waals surface area contributed by atoms with E-state index in [4.69, 9.17) is 4.74 Å². The molecule has 0 spiro atoms. The number of benzene rings is 1. The zero-order chi connectivity index (χ0) is 19.7. The summed E-state index contributed by atoms with van der Waals surface area (Å²) >= 11 is 0. The van der Waals surface area contributed by atoms with Crippen LogP contribution in [-0.4, -0.2) is 32.3 Å². The maximum absolute atomic E-state index is 13.3.